The normalized spacial score (nSPS) is 13.3. The highest BCUT2D eigenvalue weighted by atomic mass is 32.2. The van der Waals surface area contributed by atoms with Gasteiger partial charge in [0.15, 0.2) is 0 Å². The number of benzene rings is 3. The van der Waals surface area contributed by atoms with E-state index in [1.54, 1.807) is 37.1 Å². The summed E-state index contributed by atoms with van der Waals surface area (Å²) in [5.41, 5.74) is 3.88. The number of hydrogen-bond acceptors (Lipinski definition) is 5. The van der Waals surface area contributed by atoms with Crippen LogP contribution in [0.2, 0.25) is 0 Å². The molecule has 1 aliphatic carbocycles. The van der Waals surface area contributed by atoms with Gasteiger partial charge in [-0.1, -0.05) is 30.3 Å². The monoisotopic (exact) mass is 467 g/mol. The van der Waals surface area contributed by atoms with E-state index in [1.807, 2.05) is 31.3 Å². The van der Waals surface area contributed by atoms with Crippen LogP contribution in [0.4, 0.5) is 5.69 Å². The lowest BCUT2D eigenvalue weighted by atomic mass is 9.92. The quantitative estimate of drug-likeness (QED) is 0.310. The minimum Gasteiger partial charge on any atom is -0.507 e. The van der Waals surface area contributed by atoms with Gasteiger partial charge >= 0.3 is 0 Å². The second-order valence-electron chi connectivity index (χ2n) is 7.80. The SMILES string of the molecule is CNSc1ccc(-c2cccc(NC(=O)C3(c4ccc(O)c(C(C)=N)c4)CC3)c2)cc1.O.O. The fourth-order valence-corrected chi connectivity index (χ4v) is 4.27. The van der Waals surface area contributed by atoms with E-state index < -0.39 is 5.41 Å². The van der Waals surface area contributed by atoms with E-state index in [2.05, 4.69) is 34.3 Å². The van der Waals surface area contributed by atoms with Crippen LogP contribution in [0.3, 0.4) is 0 Å². The zero-order valence-corrected chi connectivity index (χ0v) is 19.3. The number of carbonyl (C=O) groups is 1. The van der Waals surface area contributed by atoms with Gasteiger partial charge in [-0.25, -0.2) is 0 Å². The summed E-state index contributed by atoms with van der Waals surface area (Å²) < 4.78 is 3.06. The largest absolute Gasteiger partial charge is 0.507 e. The summed E-state index contributed by atoms with van der Waals surface area (Å²) >= 11 is 1.57. The van der Waals surface area contributed by atoms with Crippen LogP contribution in [-0.4, -0.2) is 34.7 Å². The molecule has 0 unspecified atom stereocenters. The first kappa shape index (κ1) is 26.1. The smallest absolute Gasteiger partial charge is 0.235 e. The van der Waals surface area contributed by atoms with Crippen molar-refractivity contribution in [3.8, 4) is 16.9 Å². The first-order valence-corrected chi connectivity index (χ1v) is 11.0. The van der Waals surface area contributed by atoms with E-state index in [1.165, 1.54) is 0 Å². The minimum absolute atomic E-state index is 0. The van der Waals surface area contributed by atoms with Crippen molar-refractivity contribution < 1.29 is 20.9 Å². The predicted molar refractivity (Wildman–Crippen MR) is 134 cm³/mol. The third-order valence-corrected chi connectivity index (χ3v) is 6.38. The molecular formula is C25H29N3O4S. The maximum Gasteiger partial charge on any atom is 0.235 e. The highest BCUT2D eigenvalue weighted by molar-refractivity contribution is 7.97. The first-order chi connectivity index (χ1) is 14.9. The molecule has 0 spiro atoms. The summed E-state index contributed by atoms with van der Waals surface area (Å²) in [6.07, 6.45) is 1.51. The van der Waals surface area contributed by atoms with Crippen LogP contribution >= 0.6 is 11.9 Å². The standard InChI is InChI=1S/C25H25N3O2S.2H2O/c1-16(26)22-15-19(8-11-23(22)29)25(12-13-25)24(30)28-20-5-3-4-18(14-20)17-6-9-21(10-7-17)31-27-2;;/h3-11,14-15,26-27,29H,12-13H2,1-2H3,(H,28,30);2*1H2. The molecule has 0 radical (unpaired) electrons. The fraction of sp³-hybridized carbons (Fsp3) is 0.200. The molecule has 0 aromatic heterocycles. The van der Waals surface area contributed by atoms with Gasteiger partial charge in [0.05, 0.1) is 5.41 Å². The van der Waals surface area contributed by atoms with Crippen molar-refractivity contribution in [2.45, 2.75) is 30.1 Å². The topological polar surface area (TPSA) is 148 Å². The maximum atomic E-state index is 13.2. The number of rotatable bonds is 7. The van der Waals surface area contributed by atoms with Crippen LogP contribution < -0.4 is 10.0 Å². The van der Waals surface area contributed by atoms with Gasteiger partial charge in [-0.15, -0.1) is 0 Å². The Kier molecular flexibility index (Phi) is 8.40. The lowest BCUT2D eigenvalue weighted by Gasteiger charge is -2.18. The van der Waals surface area contributed by atoms with Crippen molar-refractivity contribution in [2.75, 3.05) is 12.4 Å². The molecule has 8 heteroatoms. The maximum absolute atomic E-state index is 13.2. The van der Waals surface area contributed by atoms with E-state index in [0.29, 0.717) is 5.56 Å². The van der Waals surface area contributed by atoms with E-state index in [-0.39, 0.29) is 28.3 Å². The number of nitrogens with one attached hydrogen (secondary N) is 3. The number of carbonyl (C=O) groups excluding carboxylic acids is 1. The number of phenolic OH excluding ortho intramolecular Hbond substituents is 1. The molecule has 1 amide bonds. The molecule has 0 heterocycles. The van der Waals surface area contributed by atoms with Crippen LogP contribution in [0.1, 0.15) is 30.9 Å². The van der Waals surface area contributed by atoms with Crippen molar-refractivity contribution in [1.29, 1.82) is 5.41 Å². The van der Waals surface area contributed by atoms with Gasteiger partial charge in [0.1, 0.15) is 5.75 Å². The van der Waals surface area contributed by atoms with Crippen molar-refractivity contribution in [3.63, 3.8) is 0 Å². The molecule has 3 aromatic carbocycles. The Hall–Kier alpha value is -3.17. The number of anilines is 1. The van der Waals surface area contributed by atoms with Crippen LogP contribution in [0.25, 0.3) is 11.1 Å². The summed E-state index contributed by atoms with van der Waals surface area (Å²) in [7, 11) is 1.89. The Morgan fingerprint density at radius 3 is 2.30 bits per heavy atom. The molecule has 174 valence electrons. The van der Waals surface area contributed by atoms with Gasteiger partial charge in [0.25, 0.3) is 0 Å². The molecule has 1 saturated carbocycles. The van der Waals surface area contributed by atoms with Crippen molar-refractivity contribution in [2.24, 2.45) is 0 Å². The predicted octanol–water partition coefficient (Wildman–Crippen LogP) is 3.69. The van der Waals surface area contributed by atoms with Crippen molar-refractivity contribution in [1.82, 2.24) is 4.72 Å². The molecule has 3 aromatic rings. The second-order valence-corrected chi connectivity index (χ2v) is 8.89. The zero-order chi connectivity index (χ0) is 22.0. The molecule has 0 atom stereocenters. The first-order valence-electron chi connectivity index (χ1n) is 10.2. The van der Waals surface area contributed by atoms with Crippen LogP contribution in [0, 0.1) is 5.41 Å². The average Bonchev–Trinajstić information content (AvgIpc) is 3.57. The average molecular weight is 468 g/mol. The zero-order valence-electron chi connectivity index (χ0n) is 18.5. The number of amides is 1. The summed E-state index contributed by atoms with van der Waals surface area (Å²) in [5, 5.41) is 20.9. The Bertz CT molecular complexity index is 1140. The Labute approximate surface area is 197 Å². The molecule has 8 N–H and O–H groups in total. The highest BCUT2D eigenvalue weighted by Gasteiger charge is 2.51. The van der Waals surface area contributed by atoms with Crippen molar-refractivity contribution in [3.05, 3.63) is 77.9 Å². The lowest BCUT2D eigenvalue weighted by molar-refractivity contribution is -0.118. The lowest BCUT2D eigenvalue weighted by Crippen LogP contribution is -2.28. The molecule has 0 aliphatic heterocycles. The Morgan fingerprint density at radius 1 is 1.00 bits per heavy atom. The summed E-state index contributed by atoms with van der Waals surface area (Å²) in [5.74, 6) is 0.0176. The van der Waals surface area contributed by atoms with Gasteiger partial charge in [0, 0.05) is 21.9 Å². The summed E-state index contributed by atoms with van der Waals surface area (Å²) in [6.45, 7) is 1.63. The van der Waals surface area contributed by atoms with Gasteiger partial charge in [-0.3, -0.25) is 9.52 Å². The fourth-order valence-electron chi connectivity index (χ4n) is 3.77. The Morgan fingerprint density at radius 2 is 1.70 bits per heavy atom. The molecular weight excluding hydrogens is 438 g/mol. The minimum atomic E-state index is -0.597. The number of hydrogen-bond donors (Lipinski definition) is 4. The summed E-state index contributed by atoms with van der Waals surface area (Å²) in [6, 6.07) is 21.3. The Balaban J connectivity index is 0.00000193. The summed E-state index contributed by atoms with van der Waals surface area (Å²) in [4.78, 5) is 14.3. The molecule has 33 heavy (non-hydrogen) atoms. The van der Waals surface area contributed by atoms with Gasteiger partial charge in [-0.05, 0) is 91.8 Å². The van der Waals surface area contributed by atoms with E-state index in [9.17, 15) is 9.90 Å². The molecule has 7 nitrogen and oxygen atoms in total. The number of phenols is 1. The molecule has 4 rings (SSSR count). The number of aromatic hydroxyl groups is 1. The van der Waals surface area contributed by atoms with E-state index in [4.69, 9.17) is 5.41 Å². The van der Waals surface area contributed by atoms with Crippen LogP contribution in [0.15, 0.2) is 71.6 Å². The molecule has 0 bridgehead atoms. The third kappa shape index (κ3) is 5.43. The highest BCUT2D eigenvalue weighted by Crippen LogP contribution is 2.49. The molecule has 1 fully saturated rings. The van der Waals surface area contributed by atoms with E-state index in [0.717, 1.165) is 40.1 Å². The molecule has 1 aliphatic rings. The third-order valence-electron chi connectivity index (χ3n) is 5.67. The van der Waals surface area contributed by atoms with Crippen LogP contribution in [0.5, 0.6) is 5.75 Å². The van der Waals surface area contributed by atoms with Crippen molar-refractivity contribution >= 4 is 29.3 Å². The molecule has 0 saturated heterocycles. The van der Waals surface area contributed by atoms with E-state index >= 15 is 0 Å². The van der Waals surface area contributed by atoms with Gasteiger partial charge in [0.2, 0.25) is 5.91 Å². The van der Waals surface area contributed by atoms with Gasteiger partial charge < -0.3 is 26.8 Å². The van der Waals surface area contributed by atoms with Crippen LogP contribution in [-0.2, 0) is 10.2 Å². The van der Waals surface area contributed by atoms with Gasteiger partial charge in [-0.2, -0.15) is 0 Å². The second kappa shape index (κ2) is 10.6.